The molecule has 1 fully saturated rings. The van der Waals surface area contributed by atoms with Gasteiger partial charge in [-0.25, -0.2) is 4.39 Å². The van der Waals surface area contributed by atoms with E-state index in [0.29, 0.717) is 42.8 Å². The molecule has 5 rings (SSSR count). The largest absolute Gasteiger partial charge is 0.393 e. The number of halogens is 1. The molecule has 2 aliphatic heterocycles. The first-order valence-electron chi connectivity index (χ1n) is 11.9. The predicted molar refractivity (Wildman–Crippen MR) is 134 cm³/mol. The smallest absolute Gasteiger partial charge is 0.256 e. The standard InChI is InChI=1S/C28H28FN3O3/c1-16-22(15-26(34)32-11-9-20(33)10-12-32)17(2)30-25(16)14-23-27-21(18-5-3-6-19(29)13-18)7-4-8-24(27)31-28(23)35/h3-8,13-14,20,30,33H,9-12,15H2,1-2H3,(H,31,35). The fraction of sp³-hybridized carbons (Fsp3) is 0.286. The lowest BCUT2D eigenvalue weighted by atomic mass is 9.94. The Morgan fingerprint density at radius 1 is 1.17 bits per heavy atom. The maximum atomic E-state index is 13.9. The zero-order valence-corrected chi connectivity index (χ0v) is 19.8. The number of nitrogens with zero attached hydrogens (tertiary/aromatic N) is 1. The van der Waals surface area contributed by atoms with Crippen LogP contribution in [0.5, 0.6) is 0 Å². The number of amides is 2. The van der Waals surface area contributed by atoms with Crippen LogP contribution in [-0.4, -0.2) is 46.0 Å². The van der Waals surface area contributed by atoms with Gasteiger partial charge in [0, 0.05) is 35.7 Å². The Bertz CT molecular complexity index is 1350. The first kappa shape index (κ1) is 23.1. The summed E-state index contributed by atoms with van der Waals surface area (Å²) in [6.45, 7) is 5.02. The summed E-state index contributed by atoms with van der Waals surface area (Å²) >= 11 is 0. The van der Waals surface area contributed by atoms with Crippen LogP contribution in [0.4, 0.5) is 10.1 Å². The summed E-state index contributed by atoms with van der Waals surface area (Å²) < 4.78 is 13.9. The lowest BCUT2D eigenvalue weighted by molar-refractivity contribution is -0.132. The molecule has 0 atom stereocenters. The summed E-state index contributed by atoms with van der Waals surface area (Å²) in [6, 6.07) is 11.9. The van der Waals surface area contributed by atoms with Gasteiger partial charge in [-0.3, -0.25) is 9.59 Å². The van der Waals surface area contributed by atoms with Crippen molar-refractivity contribution in [2.24, 2.45) is 0 Å². The predicted octanol–water partition coefficient (Wildman–Crippen LogP) is 4.46. The maximum absolute atomic E-state index is 13.9. The number of benzene rings is 2. The van der Waals surface area contributed by atoms with Crippen molar-refractivity contribution < 1.29 is 19.1 Å². The average Bonchev–Trinajstić information content (AvgIpc) is 3.29. The van der Waals surface area contributed by atoms with Gasteiger partial charge >= 0.3 is 0 Å². The van der Waals surface area contributed by atoms with Gasteiger partial charge in [0.05, 0.1) is 18.1 Å². The Hall–Kier alpha value is -3.71. The monoisotopic (exact) mass is 473 g/mol. The number of nitrogens with one attached hydrogen (secondary N) is 2. The number of fused-ring (bicyclic) bond motifs is 1. The minimum absolute atomic E-state index is 0.0404. The molecule has 35 heavy (non-hydrogen) atoms. The van der Waals surface area contributed by atoms with Crippen LogP contribution in [0.1, 0.15) is 40.9 Å². The molecule has 3 heterocycles. The number of hydrogen-bond donors (Lipinski definition) is 3. The fourth-order valence-corrected chi connectivity index (χ4v) is 5.03. The Kier molecular flexibility index (Phi) is 6.03. The molecular formula is C28H28FN3O3. The van der Waals surface area contributed by atoms with Crippen molar-refractivity contribution in [1.82, 2.24) is 9.88 Å². The molecular weight excluding hydrogens is 445 g/mol. The summed E-state index contributed by atoms with van der Waals surface area (Å²) in [5.41, 5.74) is 6.88. The molecule has 3 N–H and O–H groups in total. The topological polar surface area (TPSA) is 85.4 Å². The number of carbonyl (C=O) groups excluding carboxylic acids is 2. The van der Waals surface area contributed by atoms with Gasteiger partial charge in [-0.05, 0) is 73.2 Å². The van der Waals surface area contributed by atoms with Gasteiger partial charge in [-0.1, -0.05) is 24.3 Å². The fourth-order valence-electron chi connectivity index (χ4n) is 5.03. The van der Waals surface area contributed by atoms with Crippen molar-refractivity contribution in [3.05, 3.63) is 76.4 Å². The second-order valence-corrected chi connectivity index (χ2v) is 9.31. The molecule has 6 nitrogen and oxygen atoms in total. The molecule has 180 valence electrons. The van der Waals surface area contributed by atoms with E-state index in [0.717, 1.165) is 33.6 Å². The number of anilines is 1. The van der Waals surface area contributed by atoms with Crippen LogP contribution in [0.25, 0.3) is 22.8 Å². The van der Waals surface area contributed by atoms with Crippen LogP contribution in [0, 0.1) is 19.7 Å². The van der Waals surface area contributed by atoms with Crippen LogP contribution in [0.2, 0.25) is 0 Å². The van der Waals surface area contributed by atoms with Crippen molar-refractivity contribution in [2.45, 2.75) is 39.2 Å². The molecule has 2 aliphatic rings. The molecule has 2 amide bonds. The van der Waals surface area contributed by atoms with Crippen LogP contribution < -0.4 is 5.32 Å². The van der Waals surface area contributed by atoms with E-state index >= 15 is 0 Å². The van der Waals surface area contributed by atoms with E-state index in [2.05, 4.69) is 10.3 Å². The van der Waals surface area contributed by atoms with Gasteiger partial charge in [-0.15, -0.1) is 0 Å². The van der Waals surface area contributed by atoms with Gasteiger partial charge in [0.15, 0.2) is 0 Å². The second kappa shape index (κ2) is 9.15. The first-order valence-corrected chi connectivity index (χ1v) is 11.9. The first-order chi connectivity index (χ1) is 16.8. The third-order valence-electron chi connectivity index (χ3n) is 7.03. The van der Waals surface area contributed by atoms with Gasteiger partial charge < -0.3 is 20.3 Å². The molecule has 1 aromatic heterocycles. The minimum Gasteiger partial charge on any atom is -0.393 e. The molecule has 2 aromatic carbocycles. The highest BCUT2D eigenvalue weighted by Crippen LogP contribution is 2.41. The average molecular weight is 474 g/mol. The third-order valence-corrected chi connectivity index (χ3v) is 7.03. The summed E-state index contributed by atoms with van der Waals surface area (Å²) in [5, 5.41) is 12.6. The highest BCUT2D eigenvalue weighted by atomic mass is 19.1. The Balaban J connectivity index is 1.49. The van der Waals surface area contributed by atoms with E-state index in [4.69, 9.17) is 0 Å². The zero-order valence-electron chi connectivity index (χ0n) is 19.8. The zero-order chi connectivity index (χ0) is 24.7. The molecule has 0 saturated carbocycles. The van der Waals surface area contributed by atoms with E-state index in [9.17, 15) is 19.1 Å². The van der Waals surface area contributed by atoms with E-state index in [1.54, 1.807) is 6.07 Å². The lowest BCUT2D eigenvalue weighted by Crippen LogP contribution is -2.40. The van der Waals surface area contributed by atoms with E-state index in [-0.39, 0.29) is 30.2 Å². The van der Waals surface area contributed by atoms with Crippen molar-refractivity contribution in [3.8, 4) is 11.1 Å². The number of piperidine rings is 1. The molecule has 1 saturated heterocycles. The summed E-state index contributed by atoms with van der Waals surface area (Å²) in [4.78, 5) is 31.0. The molecule has 3 aromatic rings. The second-order valence-electron chi connectivity index (χ2n) is 9.31. The van der Waals surface area contributed by atoms with Crippen LogP contribution >= 0.6 is 0 Å². The van der Waals surface area contributed by atoms with Crippen molar-refractivity contribution >= 4 is 29.2 Å². The third kappa shape index (κ3) is 4.39. The number of aromatic amines is 1. The number of H-pyrrole nitrogens is 1. The van der Waals surface area contributed by atoms with Gasteiger partial charge in [0.25, 0.3) is 5.91 Å². The molecule has 7 heteroatoms. The van der Waals surface area contributed by atoms with E-state index in [1.165, 1.54) is 12.1 Å². The number of rotatable bonds is 4. The number of aromatic nitrogens is 1. The number of aliphatic hydroxyl groups is 1. The number of aliphatic hydroxyl groups excluding tert-OH is 1. The molecule has 0 spiro atoms. The quantitative estimate of drug-likeness (QED) is 0.489. The number of aryl methyl sites for hydroxylation is 1. The van der Waals surface area contributed by atoms with Gasteiger partial charge in [0.2, 0.25) is 5.91 Å². The highest BCUT2D eigenvalue weighted by Gasteiger charge is 2.28. The van der Waals surface area contributed by atoms with Crippen molar-refractivity contribution in [1.29, 1.82) is 0 Å². The van der Waals surface area contributed by atoms with Crippen LogP contribution in [0.15, 0.2) is 42.5 Å². The van der Waals surface area contributed by atoms with E-state index in [1.807, 2.05) is 49.1 Å². The van der Waals surface area contributed by atoms with Crippen LogP contribution in [-0.2, 0) is 16.0 Å². The molecule has 0 radical (unpaired) electrons. The van der Waals surface area contributed by atoms with E-state index < -0.39 is 0 Å². The van der Waals surface area contributed by atoms with Gasteiger partial charge in [-0.2, -0.15) is 0 Å². The Labute approximate surface area is 203 Å². The molecule has 0 unspecified atom stereocenters. The number of carbonyl (C=O) groups is 2. The Morgan fingerprint density at radius 3 is 2.66 bits per heavy atom. The molecule has 0 aliphatic carbocycles. The lowest BCUT2D eigenvalue weighted by Gasteiger charge is -2.29. The van der Waals surface area contributed by atoms with Crippen LogP contribution in [0.3, 0.4) is 0 Å². The highest BCUT2D eigenvalue weighted by molar-refractivity contribution is 6.36. The van der Waals surface area contributed by atoms with Crippen molar-refractivity contribution in [3.63, 3.8) is 0 Å². The normalized spacial score (nSPS) is 17.1. The van der Waals surface area contributed by atoms with Crippen molar-refractivity contribution in [2.75, 3.05) is 18.4 Å². The SMILES string of the molecule is Cc1[nH]c(C=C2C(=O)Nc3cccc(-c4cccc(F)c4)c32)c(C)c1CC(=O)N1CCC(O)CC1. The molecule has 0 bridgehead atoms. The number of hydrogen-bond acceptors (Lipinski definition) is 3. The Morgan fingerprint density at radius 2 is 1.91 bits per heavy atom. The maximum Gasteiger partial charge on any atom is 0.256 e. The van der Waals surface area contributed by atoms with Gasteiger partial charge in [0.1, 0.15) is 5.82 Å². The minimum atomic E-state index is -0.337. The summed E-state index contributed by atoms with van der Waals surface area (Å²) in [6.07, 6.45) is 2.97. The number of likely N-dealkylation sites (tertiary alicyclic amines) is 1. The summed E-state index contributed by atoms with van der Waals surface area (Å²) in [5.74, 6) is -0.519. The summed E-state index contributed by atoms with van der Waals surface area (Å²) in [7, 11) is 0.